The molecule has 1 saturated heterocycles. The SMILES string of the molecule is Nc1ccc(CSN2CCCC2)cc1. The highest BCUT2D eigenvalue weighted by Crippen LogP contribution is 2.22. The molecule has 76 valence electrons. The van der Waals surface area contributed by atoms with Gasteiger partial charge in [0.25, 0.3) is 0 Å². The first-order valence-electron chi connectivity index (χ1n) is 5.07. The second-order valence-electron chi connectivity index (χ2n) is 3.65. The minimum absolute atomic E-state index is 0.847. The van der Waals surface area contributed by atoms with Gasteiger partial charge in [0.05, 0.1) is 0 Å². The Morgan fingerprint density at radius 3 is 2.43 bits per heavy atom. The van der Waals surface area contributed by atoms with Crippen molar-refractivity contribution in [2.75, 3.05) is 18.8 Å². The van der Waals surface area contributed by atoms with E-state index in [1.54, 1.807) is 0 Å². The Morgan fingerprint density at radius 2 is 1.79 bits per heavy atom. The van der Waals surface area contributed by atoms with E-state index in [2.05, 4.69) is 16.4 Å². The van der Waals surface area contributed by atoms with Gasteiger partial charge in [0.15, 0.2) is 0 Å². The van der Waals surface area contributed by atoms with Crippen LogP contribution in [0.5, 0.6) is 0 Å². The highest BCUT2D eigenvalue weighted by atomic mass is 32.2. The molecule has 0 aliphatic carbocycles. The Hall–Kier alpha value is -0.670. The van der Waals surface area contributed by atoms with E-state index in [0.29, 0.717) is 0 Å². The van der Waals surface area contributed by atoms with E-state index in [0.717, 1.165) is 11.4 Å². The largest absolute Gasteiger partial charge is 0.399 e. The molecular formula is C11H16N2S. The Labute approximate surface area is 89.6 Å². The number of rotatable bonds is 3. The molecule has 3 heteroatoms. The molecule has 1 heterocycles. The summed E-state index contributed by atoms with van der Waals surface area (Å²) in [5.41, 5.74) is 7.83. The first-order valence-corrected chi connectivity index (χ1v) is 6.01. The zero-order valence-electron chi connectivity index (χ0n) is 8.28. The van der Waals surface area contributed by atoms with Crippen molar-refractivity contribution >= 4 is 17.6 Å². The third-order valence-corrected chi connectivity index (χ3v) is 3.65. The molecule has 0 aromatic heterocycles. The zero-order chi connectivity index (χ0) is 9.80. The number of nitrogen functional groups attached to an aromatic ring is 1. The van der Waals surface area contributed by atoms with Crippen LogP contribution in [0.15, 0.2) is 24.3 Å². The molecule has 1 aromatic carbocycles. The number of hydrogen-bond acceptors (Lipinski definition) is 3. The van der Waals surface area contributed by atoms with E-state index in [-0.39, 0.29) is 0 Å². The summed E-state index contributed by atoms with van der Waals surface area (Å²) in [4.78, 5) is 0. The third kappa shape index (κ3) is 2.66. The molecule has 0 amide bonds. The zero-order valence-corrected chi connectivity index (χ0v) is 9.09. The van der Waals surface area contributed by atoms with Gasteiger partial charge >= 0.3 is 0 Å². The van der Waals surface area contributed by atoms with Crippen LogP contribution in [0.4, 0.5) is 5.69 Å². The lowest BCUT2D eigenvalue weighted by atomic mass is 10.2. The highest BCUT2D eigenvalue weighted by Gasteiger charge is 2.11. The van der Waals surface area contributed by atoms with E-state index in [1.807, 2.05) is 24.1 Å². The molecule has 1 fully saturated rings. The van der Waals surface area contributed by atoms with Crippen molar-refractivity contribution in [3.63, 3.8) is 0 Å². The first kappa shape index (κ1) is 9.87. The van der Waals surface area contributed by atoms with Crippen LogP contribution >= 0.6 is 11.9 Å². The normalized spacial score (nSPS) is 17.4. The number of nitrogens with zero attached hydrogens (tertiary/aromatic N) is 1. The van der Waals surface area contributed by atoms with Crippen LogP contribution in [0.1, 0.15) is 18.4 Å². The molecule has 0 unspecified atom stereocenters. The van der Waals surface area contributed by atoms with Crippen molar-refractivity contribution in [2.45, 2.75) is 18.6 Å². The van der Waals surface area contributed by atoms with Crippen molar-refractivity contribution in [3.05, 3.63) is 29.8 Å². The quantitative estimate of drug-likeness (QED) is 0.611. The number of nitrogens with two attached hydrogens (primary N) is 1. The van der Waals surface area contributed by atoms with E-state index >= 15 is 0 Å². The van der Waals surface area contributed by atoms with Gasteiger partial charge in [-0.1, -0.05) is 24.1 Å². The highest BCUT2D eigenvalue weighted by molar-refractivity contribution is 7.96. The van der Waals surface area contributed by atoms with Gasteiger partial charge in [-0.15, -0.1) is 0 Å². The second-order valence-corrected chi connectivity index (χ2v) is 4.71. The summed E-state index contributed by atoms with van der Waals surface area (Å²) in [5, 5.41) is 0. The van der Waals surface area contributed by atoms with Crippen LogP contribution < -0.4 is 5.73 Å². The molecule has 0 bridgehead atoms. The predicted molar refractivity (Wildman–Crippen MR) is 63.0 cm³/mol. The van der Waals surface area contributed by atoms with Gasteiger partial charge in [-0.3, -0.25) is 4.31 Å². The minimum Gasteiger partial charge on any atom is -0.399 e. The van der Waals surface area contributed by atoms with Crippen LogP contribution in [-0.2, 0) is 5.75 Å². The number of benzene rings is 1. The molecule has 14 heavy (non-hydrogen) atoms. The van der Waals surface area contributed by atoms with Crippen molar-refractivity contribution in [1.29, 1.82) is 0 Å². The Kier molecular flexibility index (Phi) is 3.32. The topological polar surface area (TPSA) is 29.3 Å². The molecule has 2 N–H and O–H groups in total. The van der Waals surface area contributed by atoms with Gasteiger partial charge in [-0.05, 0) is 30.5 Å². The number of hydrogen-bond donors (Lipinski definition) is 1. The lowest BCUT2D eigenvalue weighted by Gasteiger charge is -2.12. The molecule has 0 saturated carbocycles. The van der Waals surface area contributed by atoms with Crippen LogP contribution in [-0.4, -0.2) is 17.4 Å². The molecule has 0 atom stereocenters. The fraction of sp³-hybridized carbons (Fsp3) is 0.455. The average Bonchev–Trinajstić information content (AvgIpc) is 2.70. The van der Waals surface area contributed by atoms with Crippen molar-refractivity contribution in [2.24, 2.45) is 0 Å². The van der Waals surface area contributed by atoms with Gasteiger partial charge in [-0.25, -0.2) is 0 Å². The van der Waals surface area contributed by atoms with Crippen LogP contribution in [0, 0.1) is 0 Å². The smallest absolute Gasteiger partial charge is 0.0332 e. The van der Waals surface area contributed by atoms with Crippen LogP contribution in [0.25, 0.3) is 0 Å². The summed E-state index contributed by atoms with van der Waals surface area (Å²) in [6.45, 7) is 2.50. The first-order chi connectivity index (χ1) is 6.84. The summed E-state index contributed by atoms with van der Waals surface area (Å²) >= 11 is 1.94. The summed E-state index contributed by atoms with van der Waals surface area (Å²) in [6.07, 6.45) is 2.71. The minimum atomic E-state index is 0.847. The summed E-state index contributed by atoms with van der Waals surface area (Å²) < 4.78 is 2.45. The number of anilines is 1. The molecule has 1 aliphatic rings. The molecule has 2 nitrogen and oxygen atoms in total. The second kappa shape index (κ2) is 4.71. The Balaban J connectivity index is 1.82. The average molecular weight is 208 g/mol. The maximum Gasteiger partial charge on any atom is 0.0332 e. The fourth-order valence-electron chi connectivity index (χ4n) is 1.60. The van der Waals surface area contributed by atoms with Crippen molar-refractivity contribution in [1.82, 2.24) is 4.31 Å². The van der Waals surface area contributed by atoms with Gasteiger partial charge in [0.1, 0.15) is 0 Å². The standard InChI is InChI=1S/C11H16N2S/c12-11-5-3-10(4-6-11)9-14-13-7-1-2-8-13/h3-6H,1-2,7-9,12H2. The Bertz CT molecular complexity index is 278. The monoisotopic (exact) mass is 208 g/mol. The van der Waals surface area contributed by atoms with Gasteiger partial charge in [0, 0.05) is 24.5 Å². The Morgan fingerprint density at radius 1 is 1.14 bits per heavy atom. The van der Waals surface area contributed by atoms with Gasteiger partial charge in [0.2, 0.25) is 0 Å². The summed E-state index contributed by atoms with van der Waals surface area (Å²) in [7, 11) is 0. The van der Waals surface area contributed by atoms with E-state index in [4.69, 9.17) is 5.73 Å². The molecule has 0 radical (unpaired) electrons. The van der Waals surface area contributed by atoms with Crippen LogP contribution in [0.2, 0.25) is 0 Å². The van der Waals surface area contributed by atoms with E-state index in [9.17, 15) is 0 Å². The molecular weight excluding hydrogens is 192 g/mol. The maximum absolute atomic E-state index is 5.63. The van der Waals surface area contributed by atoms with E-state index < -0.39 is 0 Å². The third-order valence-electron chi connectivity index (χ3n) is 2.46. The van der Waals surface area contributed by atoms with Gasteiger partial charge < -0.3 is 5.73 Å². The lowest BCUT2D eigenvalue weighted by molar-refractivity contribution is 0.586. The molecule has 1 aromatic rings. The molecule has 1 aliphatic heterocycles. The van der Waals surface area contributed by atoms with Crippen molar-refractivity contribution in [3.8, 4) is 0 Å². The molecule has 0 spiro atoms. The lowest BCUT2D eigenvalue weighted by Crippen LogP contribution is -2.09. The van der Waals surface area contributed by atoms with E-state index in [1.165, 1.54) is 31.5 Å². The maximum atomic E-state index is 5.63. The van der Waals surface area contributed by atoms with Crippen LogP contribution in [0.3, 0.4) is 0 Å². The fourth-order valence-corrected chi connectivity index (χ4v) is 2.64. The predicted octanol–water partition coefficient (Wildman–Crippen LogP) is 2.51. The summed E-state index contributed by atoms with van der Waals surface area (Å²) in [6, 6.07) is 8.16. The molecule has 2 rings (SSSR count). The van der Waals surface area contributed by atoms with Gasteiger partial charge in [-0.2, -0.15) is 0 Å². The van der Waals surface area contributed by atoms with Crippen molar-refractivity contribution < 1.29 is 0 Å². The summed E-state index contributed by atoms with van der Waals surface area (Å²) in [5.74, 6) is 1.07.